The number of benzene rings is 1. The molecule has 0 radical (unpaired) electrons. The van der Waals surface area contributed by atoms with Gasteiger partial charge in [-0.1, -0.05) is 6.07 Å². The van der Waals surface area contributed by atoms with Crippen molar-refractivity contribution in [3.8, 4) is 11.5 Å². The van der Waals surface area contributed by atoms with E-state index in [1.54, 1.807) is 25.3 Å². The zero-order chi connectivity index (χ0) is 20.7. The molecule has 1 N–H and O–H groups in total. The molecule has 1 heterocycles. The summed E-state index contributed by atoms with van der Waals surface area (Å²) in [5.41, 5.74) is 2.96. The average molecular weight is 387 g/mol. The van der Waals surface area contributed by atoms with Crippen molar-refractivity contribution in [3.63, 3.8) is 0 Å². The van der Waals surface area contributed by atoms with Crippen LogP contribution < -0.4 is 4.74 Å². The number of methoxy groups -OCH3 is 2. The maximum Gasteiger partial charge on any atom is 0.331 e. The van der Waals surface area contributed by atoms with Gasteiger partial charge in [-0.3, -0.25) is 4.79 Å². The minimum Gasteiger partial charge on any atom is -0.504 e. The smallest absolute Gasteiger partial charge is 0.331 e. The van der Waals surface area contributed by atoms with Gasteiger partial charge in [0.05, 0.1) is 13.7 Å². The zero-order valence-corrected chi connectivity index (χ0v) is 16.5. The second kappa shape index (κ2) is 9.75. The number of nitrogens with zero attached hydrogens (tertiary/aromatic N) is 1. The van der Waals surface area contributed by atoms with E-state index in [4.69, 9.17) is 14.2 Å². The predicted octanol–water partition coefficient (Wildman–Crippen LogP) is 2.90. The number of aryl methyl sites for hydroxylation is 1. The summed E-state index contributed by atoms with van der Waals surface area (Å²) in [6.07, 6.45) is 2.74. The highest BCUT2D eigenvalue weighted by Crippen LogP contribution is 2.26. The monoisotopic (exact) mass is 387 g/mol. The number of phenols is 1. The Bertz CT molecular complexity index is 881. The summed E-state index contributed by atoms with van der Waals surface area (Å²) in [4.78, 5) is 24.3. The second-order valence-electron chi connectivity index (χ2n) is 6.22. The molecule has 1 aromatic heterocycles. The van der Waals surface area contributed by atoms with E-state index >= 15 is 0 Å². The van der Waals surface area contributed by atoms with Crippen molar-refractivity contribution in [3.05, 3.63) is 52.9 Å². The molecule has 150 valence electrons. The lowest BCUT2D eigenvalue weighted by Crippen LogP contribution is -2.14. The summed E-state index contributed by atoms with van der Waals surface area (Å²) in [5.74, 6) is -0.580. The number of hydrogen-bond donors (Lipinski definition) is 1. The van der Waals surface area contributed by atoms with E-state index < -0.39 is 5.97 Å². The van der Waals surface area contributed by atoms with Gasteiger partial charge in [0.1, 0.15) is 0 Å². The first-order valence-corrected chi connectivity index (χ1v) is 8.78. The van der Waals surface area contributed by atoms with Crippen molar-refractivity contribution in [2.24, 2.45) is 0 Å². The summed E-state index contributed by atoms with van der Waals surface area (Å²) < 4.78 is 17.1. The van der Waals surface area contributed by atoms with Gasteiger partial charge in [0.25, 0.3) is 0 Å². The molecule has 7 nitrogen and oxygen atoms in total. The summed E-state index contributed by atoms with van der Waals surface area (Å²) >= 11 is 0. The molecule has 28 heavy (non-hydrogen) atoms. The van der Waals surface area contributed by atoms with Gasteiger partial charge in [0, 0.05) is 36.7 Å². The van der Waals surface area contributed by atoms with Gasteiger partial charge in [0.2, 0.25) is 5.78 Å². The summed E-state index contributed by atoms with van der Waals surface area (Å²) in [6.45, 7) is 4.64. The van der Waals surface area contributed by atoms with Crippen LogP contribution in [0.4, 0.5) is 0 Å². The maximum absolute atomic E-state index is 12.4. The molecule has 0 spiro atoms. The second-order valence-corrected chi connectivity index (χ2v) is 6.22. The first-order chi connectivity index (χ1) is 13.4. The largest absolute Gasteiger partial charge is 0.504 e. The number of carbonyl (C=O) groups excluding carboxylic acids is 2. The van der Waals surface area contributed by atoms with Crippen LogP contribution in [-0.4, -0.2) is 48.9 Å². The number of esters is 1. The van der Waals surface area contributed by atoms with Gasteiger partial charge in [-0.05, 0) is 43.7 Å². The highest BCUT2D eigenvalue weighted by atomic mass is 16.5. The van der Waals surface area contributed by atoms with Crippen molar-refractivity contribution in [2.75, 3.05) is 27.4 Å². The molecule has 0 aliphatic rings. The number of hydrogen-bond acceptors (Lipinski definition) is 6. The van der Waals surface area contributed by atoms with E-state index in [0.717, 1.165) is 11.4 Å². The fraction of sp³-hybridized carbons (Fsp3) is 0.333. The third-order valence-electron chi connectivity index (χ3n) is 4.35. The molecule has 0 unspecified atom stereocenters. The van der Waals surface area contributed by atoms with Crippen LogP contribution in [0.2, 0.25) is 0 Å². The molecule has 0 aliphatic heterocycles. The topological polar surface area (TPSA) is 87.0 Å². The minimum atomic E-state index is -0.631. The molecule has 0 amide bonds. The molecule has 0 bridgehead atoms. The summed E-state index contributed by atoms with van der Waals surface area (Å²) in [6, 6.07) is 6.47. The van der Waals surface area contributed by atoms with Crippen molar-refractivity contribution in [1.82, 2.24) is 4.57 Å². The SMILES string of the molecule is COCCn1c(C)cc(C(=O)COC(=O)C=Cc2ccc(O)c(OC)c2)c1C. The van der Waals surface area contributed by atoms with Gasteiger partial charge >= 0.3 is 5.97 Å². The lowest BCUT2D eigenvalue weighted by Gasteiger charge is -2.08. The summed E-state index contributed by atoms with van der Waals surface area (Å²) in [5, 5.41) is 9.57. The zero-order valence-electron chi connectivity index (χ0n) is 16.5. The number of Topliss-reactive ketones (excluding diaryl/α,β-unsaturated/α-hetero) is 1. The van der Waals surface area contributed by atoms with Crippen molar-refractivity contribution >= 4 is 17.8 Å². The number of ketones is 1. The first-order valence-electron chi connectivity index (χ1n) is 8.78. The molecule has 1 aromatic carbocycles. The lowest BCUT2D eigenvalue weighted by atomic mass is 10.1. The quantitative estimate of drug-likeness (QED) is 0.404. The standard InChI is InChI=1S/C21H25NO6/c1-14-11-17(15(2)22(14)9-10-26-3)19(24)13-28-21(25)8-6-16-5-7-18(23)20(12-16)27-4/h5-8,11-12,23H,9-10,13H2,1-4H3. The van der Waals surface area contributed by atoms with Crippen LogP contribution in [0.1, 0.15) is 27.3 Å². The molecular formula is C21H25NO6. The number of aromatic hydroxyl groups is 1. The maximum atomic E-state index is 12.4. The van der Waals surface area contributed by atoms with Crippen LogP contribution in [0.25, 0.3) is 6.08 Å². The van der Waals surface area contributed by atoms with E-state index in [0.29, 0.717) is 30.0 Å². The van der Waals surface area contributed by atoms with Gasteiger partial charge in [-0.25, -0.2) is 4.79 Å². The van der Waals surface area contributed by atoms with Gasteiger partial charge in [0.15, 0.2) is 18.1 Å². The number of phenolic OH excluding ortho intramolecular Hbond substituents is 1. The Balaban J connectivity index is 1.96. The molecule has 0 saturated heterocycles. The Morgan fingerprint density at radius 3 is 2.61 bits per heavy atom. The molecule has 0 aliphatic carbocycles. The molecule has 0 fully saturated rings. The van der Waals surface area contributed by atoms with Crippen LogP contribution in [0.3, 0.4) is 0 Å². The first kappa shape index (κ1) is 21.2. The Labute approximate surface area is 164 Å². The van der Waals surface area contributed by atoms with Crippen LogP contribution in [-0.2, 0) is 20.8 Å². The van der Waals surface area contributed by atoms with Gasteiger partial charge in [-0.15, -0.1) is 0 Å². The van der Waals surface area contributed by atoms with E-state index in [1.807, 2.05) is 18.4 Å². The number of ether oxygens (including phenoxy) is 3. The fourth-order valence-electron chi connectivity index (χ4n) is 2.83. The van der Waals surface area contributed by atoms with Gasteiger partial charge < -0.3 is 23.9 Å². The average Bonchev–Trinajstić information content (AvgIpc) is 2.97. The van der Waals surface area contributed by atoms with E-state index in [1.165, 1.54) is 25.3 Å². The lowest BCUT2D eigenvalue weighted by molar-refractivity contribution is -0.136. The van der Waals surface area contributed by atoms with Gasteiger partial charge in [-0.2, -0.15) is 0 Å². The molecule has 2 rings (SSSR count). The fourth-order valence-corrected chi connectivity index (χ4v) is 2.83. The number of rotatable bonds is 9. The van der Waals surface area contributed by atoms with Crippen LogP contribution in [0.15, 0.2) is 30.3 Å². The Morgan fingerprint density at radius 1 is 1.18 bits per heavy atom. The normalized spacial score (nSPS) is 11.0. The van der Waals surface area contributed by atoms with Crippen molar-refractivity contribution in [2.45, 2.75) is 20.4 Å². The third-order valence-corrected chi connectivity index (χ3v) is 4.35. The Hall–Kier alpha value is -3.06. The van der Waals surface area contributed by atoms with Crippen molar-refractivity contribution in [1.29, 1.82) is 0 Å². The summed E-state index contributed by atoms with van der Waals surface area (Å²) in [7, 11) is 3.07. The molecular weight excluding hydrogens is 362 g/mol. The third kappa shape index (κ3) is 5.23. The molecule has 2 aromatic rings. The molecule has 0 atom stereocenters. The molecule has 0 saturated carbocycles. The van der Waals surface area contributed by atoms with E-state index in [2.05, 4.69) is 0 Å². The minimum absolute atomic E-state index is 0.0101. The van der Waals surface area contributed by atoms with E-state index in [-0.39, 0.29) is 18.1 Å². The highest BCUT2D eigenvalue weighted by molar-refractivity contribution is 6.00. The number of aromatic nitrogens is 1. The number of carbonyl (C=O) groups is 2. The van der Waals surface area contributed by atoms with Crippen LogP contribution in [0, 0.1) is 13.8 Å². The predicted molar refractivity (Wildman–Crippen MR) is 105 cm³/mol. The Morgan fingerprint density at radius 2 is 1.93 bits per heavy atom. The highest BCUT2D eigenvalue weighted by Gasteiger charge is 2.16. The van der Waals surface area contributed by atoms with Crippen LogP contribution in [0.5, 0.6) is 11.5 Å². The Kier molecular flexibility index (Phi) is 7.40. The molecule has 7 heteroatoms. The van der Waals surface area contributed by atoms with Crippen LogP contribution >= 0.6 is 0 Å². The van der Waals surface area contributed by atoms with E-state index in [9.17, 15) is 14.7 Å². The van der Waals surface area contributed by atoms with Crippen molar-refractivity contribution < 1.29 is 28.9 Å².